The molecule has 6 nitrogen and oxygen atoms in total. The van der Waals surface area contributed by atoms with E-state index in [-0.39, 0.29) is 17.7 Å². The van der Waals surface area contributed by atoms with Crippen molar-refractivity contribution in [3.8, 4) is 5.75 Å². The molecule has 0 unspecified atom stereocenters. The highest BCUT2D eigenvalue weighted by molar-refractivity contribution is 9.10. The van der Waals surface area contributed by atoms with Crippen LogP contribution in [-0.4, -0.2) is 22.7 Å². The van der Waals surface area contributed by atoms with Gasteiger partial charge in [0, 0.05) is 0 Å². The number of phenols is 1. The summed E-state index contributed by atoms with van der Waals surface area (Å²) >= 11 is 3.39. The van der Waals surface area contributed by atoms with E-state index >= 15 is 0 Å². The smallest absolute Gasteiger partial charge is 0.220 e. The Labute approximate surface area is 138 Å². The van der Waals surface area contributed by atoms with Crippen molar-refractivity contribution in [2.45, 2.75) is 44.7 Å². The predicted molar refractivity (Wildman–Crippen MR) is 92.1 cm³/mol. The van der Waals surface area contributed by atoms with Crippen LogP contribution in [0.2, 0.25) is 0 Å². The topological polar surface area (TPSA) is 100 Å². The molecule has 2 aliphatic rings. The first-order valence-corrected chi connectivity index (χ1v) is 8.21. The normalized spacial score (nSPS) is 20.7. The van der Waals surface area contributed by atoms with Crippen LogP contribution in [0.4, 0.5) is 5.69 Å². The van der Waals surface area contributed by atoms with Gasteiger partial charge in [-0.2, -0.15) is 4.99 Å². The van der Waals surface area contributed by atoms with Crippen molar-refractivity contribution in [3.05, 3.63) is 22.2 Å². The molecule has 5 N–H and O–H groups in total. The van der Waals surface area contributed by atoms with E-state index in [0.29, 0.717) is 10.2 Å². The summed E-state index contributed by atoms with van der Waals surface area (Å²) in [6.07, 6.45) is 4.96. The van der Waals surface area contributed by atoms with Gasteiger partial charge in [0.05, 0.1) is 10.2 Å². The van der Waals surface area contributed by atoms with Crippen LogP contribution < -0.4 is 16.4 Å². The van der Waals surface area contributed by atoms with Gasteiger partial charge in [-0.25, -0.2) is 4.99 Å². The molecule has 22 heavy (non-hydrogen) atoms. The molecule has 0 atom stereocenters. The number of rotatable bonds is 1. The monoisotopic (exact) mass is 365 g/mol. The van der Waals surface area contributed by atoms with Crippen LogP contribution >= 0.6 is 15.9 Å². The molecule has 1 fully saturated rings. The summed E-state index contributed by atoms with van der Waals surface area (Å²) in [5, 5.41) is 10.5. The number of guanidine groups is 2. The van der Waals surface area contributed by atoms with Crippen molar-refractivity contribution >= 4 is 33.5 Å². The number of benzene rings is 1. The molecule has 1 saturated carbocycles. The molecule has 118 valence electrons. The van der Waals surface area contributed by atoms with Gasteiger partial charge in [-0.15, -0.1) is 0 Å². The van der Waals surface area contributed by atoms with E-state index in [9.17, 15) is 5.11 Å². The molecular formula is C15H20BrN5O. The minimum Gasteiger partial charge on any atom is -0.505 e. The van der Waals surface area contributed by atoms with Crippen LogP contribution in [-0.2, 0) is 0 Å². The molecule has 3 rings (SSSR count). The van der Waals surface area contributed by atoms with Crippen LogP contribution in [0.15, 0.2) is 26.6 Å². The number of halogens is 1. The molecule has 1 aliphatic carbocycles. The molecule has 0 aromatic heterocycles. The fourth-order valence-corrected chi connectivity index (χ4v) is 3.92. The third kappa shape index (κ3) is 2.43. The molecule has 0 radical (unpaired) electrons. The van der Waals surface area contributed by atoms with Gasteiger partial charge < -0.3 is 16.6 Å². The lowest BCUT2D eigenvalue weighted by Crippen LogP contribution is -2.58. The molecule has 1 aromatic carbocycles. The van der Waals surface area contributed by atoms with Crippen molar-refractivity contribution in [3.63, 3.8) is 0 Å². The Bertz CT molecular complexity index is 664. The summed E-state index contributed by atoms with van der Waals surface area (Å²) in [4.78, 5) is 10.6. The number of aliphatic imine (C=N–C) groups is 2. The lowest BCUT2D eigenvalue weighted by molar-refractivity contribution is 0.303. The van der Waals surface area contributed by atoms with Gasteiger partial charge in [0.25, 0.3) is 0 Å². The first kappa shape index (κ1) is 15.1. The lowest BCUT2D eigenvalue weighted by atomic mass is 9.87. The molecule has 1 aromatic rings. The number of hydrogen-bond acceptors (Lipinski definition) is 6. The van der Waals surface area contributed by atoms with E-state index < -0.39 is 5.66 Å². The van der Waals surface area contributed by atoms with Crippen LogP contribution in [0.1, 0.15) is 37.7 Å². The highest BCUT2D eigenvalue weighted by atomic mass is 79.9. The third-order valence-electron chi connectivity index (χ3n) is 4.28. The first-order valence-electron chi connectivity index (χ1n) is 7.42. The van der Waals surface area contributed by atoms with Crippen molar-refractivity contribution in [2.75, 3.05) is 4.90 Å². The fraction of sp³-hybridized carbons (Fsp3) is 0.467. The van der Waals surface area contributed by atoms with E-state index in [1.807, 2.05) is 24.0 Å². The summed E-state index contributed by atoms with van der Waals surface area (Å²) in [6, 6.07) is 3.76. The van der Waals surface area contributed by atoms with Gasteiger partial charge in [-0.05, 0) is 66.2 Å². The SMILES string of the molecule is Cc1cc(Br)c(O)c(N2C(N)=NC(N)=NC23CCCCC3)c1. The maximum absolute atomic E-state index is 10.5. The Morgan fingerprint density at radius 1 is 1.23 bits per heavy atom. The Morgan fingerprint density at radius 2 is 1.91 bits per heavy atom. The summed E-state index contributed by atoms with van der Waals surface area (Å²) < 4.78 is 0.629. The Morgan fingerprint density at radius 3 is 2.59 bits per heavy atom. The molecule has 0 saturated heterocycles. The second-order valence-electron chi connectivity index (χ2n) is 5.93. The zero-order chi connectivity index (χ0) is 15.9. The fourth-order valence-electron chi connectivity index (χ4n) is 3.36. The summed E-state index contributed by atoms with van der Waals surface area (Å²) in [6.45, 7) is 1.97. The van der Waals surface area contributed by atoms with Gasteiger partial charge in [0.2, 0.25) is 11.9 Å². The summed E-state index contributed by atoms with van der Waals surface area (Å²) in [7, 11) is 0. The highest BCUT2D eigenvalue weighted by Crippen LogP contribution is 2.44. The average Bonchev–Trinajstić information content (AvgIpc) is 2.44. The molecule has 1 heterocycles. The third-order valence-corrected chi connectivity index (χ3v) is 4.88. The maximum atomic E-state index is 10.5. The largest absolute Gasteiger partial charge is 0.505 e. The minimum absolute atomic E-state index is 0.143. The molecule has 1 spiro atoms. The Balaban J connectivity index is 2.16. The van der Waals surface area contributed by atoms with Crippen molar-refractivity contribution in [1.82, 2.24) is 0 Å². The van der Waals surface area contributed by atoms with Gasteiger partial charge in [-0.1, -0.05) is 6.42 Å². The van der Waals surface area contributed by atoms with Crippen molar-refractivity contribution in [2.24, 2.45) is 21.5 Å². The summed E-state index contributed by atoms with van der Waals surface area (Å²) in [5.41, 5.74) is 13.1. The quantitative estimate of drug-likeness (QED) is 0.711. The van der Waals surface area contributed by atoms with Crippen LogP contribution in [0.5, 0.6) is 5.75 Å². The predicted octanol–water partition coefficient (Wildman–Crippen LogP) is 2.57. The maximum Gasteiger partial charge on any atom is 0.220 e. The Kier molecular flexibility index (Phi) is 3.76. The standard InChI is InChI=1S/C15H20BrN5O/c1-9-7-10(16)12(22)11(8-9)21-14(18)19-13(17)20-15(21)5-3-2-4-6-15/h7-8,22H,2-6H2,1H3,(H4,17,18,19,20). The highest BCUT2D eigenvalue weighted by Gasteiger charge is 2.43. The van der Waals surface area contributed by atoms with Crippen LogP contribution in [0.25, 0.3) is 0 Å². The molecular weight excluding hydrogens is 346 g/mol. The van der Waals surface area contributed by atoms with Crippen molar-refractivity contribution in [1.29, 1.82) is 0 Å². The zero-order valence-corrected chi connectivity index (χ0v) is 14.1. The second-order valence-corrected chi connectivity index (χ2v) is 6.79. The van der Waals surface area contributed by atoms with E-state index in [1.165, 1.54) is 6.42 Å². The second kappa shape index (κ2) is 5.46. The average molecular weight is 366 g/mol. The molecule has 0 amide bonds. The van der Waals surface area contributed by atoms with Crippen molar-refractivity contribution < 1.29 is 5.11 Å². The number of hydrogen-bond donors (Lipinski definition) is 3. The van der Waals surface area contributed by atoms with E-state index in [0.717, 1.165) is 31.2 Å². The lowest BCUT2D eigenvalue weighted by Gasteiger charge is -2.45. The summed E-state index contributed by atoms with van der Waals surface area (Å²) in [5.74, 6) is 0.633. The van der Waals surface area contributed by atoms with E-state index in [1.54, 1.807) is 0 Å². The number of nitrogens with zero attached hydrogens (tertiary/aromatic N) is 3. The molecule has 0 bridgehead atoms. The van der Waals surface area contributed by atoms with Crippen LogP contribution in [0, 0.1) is 6.92 Å². The number of nitrogens with two attached hydrogens (primary N) is 2. The van der Waals surface area contributed by atoms with Gasteiger partial charge in [0.1, 0.15) is 5.66 Å². The van der Waals surface area contributed by atoms with E-state index in [4.69, 9.17) is 11.5 Å². The van der Waals surface area contributed by atoms with Gasteiger partial charge >= 0.3 is 0 Å². The number of aromatic hydroxyl groups is 1. The number of phenolic OH excluding ortho intramolecular Hbond substituents is 1. The molecule has 7 heteroatoms. The van der Waals surface area contributed by atoms with Gasteiger partial charge in [0.15, 0.2) is 5.75 Å². The van der Waals surface area contributed by atoms with Crippen LogP contribution in [0.3, 0.4) is 0 Å². The van der Waals surface area contributed by atoms with Gasteiger partial charge in [-0.3, -0.25) is 4.90 Å². The first-order chi connectivity index (χ1) is 10.4. The van der Waals surface area contributed by atoms with E-state index in [2.05, 4.69) is 25.9 Å². The zero-order valence-electron chi connectivity index (χ0n) is 12.5. The Hall–Kier alpha value is -1.76. The molecule has 1 aliphatic heterocycles. The number of aryl methyl sites for hydroxylation is 1. The number of anilines is 1. The minimum atomic E-state index is -0.543.